The van der Waals surface area contributed by atoms with Crippen molar-refractivity contribution in [2.45, 2.75) is 37.9 Å². The Morgan fingerprint density at radius 2 is 1.54 bits per heavy atom. The zero-order valence-electron chi connectivity index (χ0n) is 28.5. The molecule has 0 aliphatic heterocycles. The summed E-state index contributed by atoms with van der Waals surface area (Å²) >= 11 is 7.84. The highest BCUT2D eigenvalue weighted by Crippen LogP contribution is 2.37. The normalized spacial score (nSPS) is 11.5. The molecule has 4 aromatic carbocycles. The van der Waals surface area contributed by atoms with Gasteiger partial charge in [-0.3, -0.25) is 14.5 Å². The van der Waals surface area contributed by atoms with Gasteiger partial charge in [0.2, 0.25) is 5.91 Å². The molecule has 52 heavy (non-hydrogen) atoms. The summed E-state index contributed by atoms with van der Waals surface area (Å²) in [4.78, 5) is 27.5. The fourth-order valence-electron chi connectivity index (χ4n) is 5.86. The maximum atomic E-state index is 13.7. The fourth-order valence-corrected chi connectivity index (χ4v) is 6.85. The molecule has 6 nitrogen and oxygen atoms in total. The summed E-state index contributed by atoms with van der Waals surface area (Å²) in [5.41, 5.74) is 2.51. The van der Waals surface area contributed by atoms with Gasteiger partial charge in [0.05, 0.1) is 36.6 Å². The molecule has 0 spiro atoms. The molecular weight excluding hydrogens is 709 g/mol. The molecule has 1 N–H and O–H groups in total. The second-order valence-corrected chi connectivity index (χ2v) is 13.6. The van der Waals surface area contributed by atoms with E-state index in [4.69, 9.17) is 21.1 Å². The molecule has 0 aliphatic rings. The molecule has 0 unspecified atom stereocenters. The molecule has 272 valence electrons. The van der Waals surface area contributed by atoms with Crippen molar-refractivity contribution in [3.63, 3.8) is 0 Å². The lowest BCUT2D eigenvalue weighted by Crippen LogP contribution is -2.31. The number of hydrogen-bond donors (Lipinski definition) is 1. The van der Waals surface area contributed by atoms with E-state index in [0.717, 1.165) is 27.6 Å². The first-order chi connectivity index (χ1) is 25.2. The molecule has 0 radical (unpaired) electrons. The number of ether oxygens (including phenoxy) is 2. The molecule has 5 rings (SSSR count). The highest BCUT2D eigenvalue weighted by molar-refractivity contribution is 7.10. The van der Waals surface area contributed by atoms with Crippen LogP contribution in [0.25, 0.3) is 0 Å². The number of esters is 1. The highest BCUT2D eigenvalue weighted by Gasteiger charge is 2.34. The quantitative estimate of drug-likeness (QED) is 0.0716. The molecule has 1 aromatic heterocycles. The third-order valence-corrected chi connectivity index (χ3v) is 9.68. The molecule has 0 saturated heterocycles. The van der Waals surface area contributed by atoms with Gasteiger partial charge in [0.1, 0.15) is 12.4 Å². The van der Waals surface area contributed by atoms with Crippen molar-refractivity contribution in [2.75, 3.05) is 32.8 Å². The van der Waals surface area contributed by atoms with E-state index in [2.05, 4.69) is 34.5 Å². The van der Waals surface area contributed by atoms with E-state index in [1.54, 1.807) is 6.07 Å². The number of nitrogens with one attached hydrogen (secondary N) is 1. The minimum atomic E-state index is -4.56. The number of nitrogens with zero attached hydrogens (tertiary/aromatic N) is 1. The lowest BCUT2D eigenvalue weighted by Gasteiger charge is -2.29. The summed E-state index contributed by atoms with van der Waals surface area (Å²) in [6.45, 7) is 1.94. The standard InChI is InChI=1S/C41H40ClF3N2O4S/c42-40-33(16-8-19-37(40)41(43,44)45)28-47(29-36(31-12-3-1-4-13-31)32-14-5-2-6-15-32)21-10-22-50-34-17-7-11-30(25-34)26-38(48)46-20-23-51-39(49)27-35-18-9-24-52-35/h1-9,11-19,24-25,36H,10,20-23,26-29H2,(H,46,48). The molecule has 5 aromatic rings. The Kier molecular flexibility index (Phi) is 14.3. The third-order valence-electron chi connectivity index (χ3n) is 8.36. The Balaban J connectivity index is 1.18. The van der Waals surface area contributed by atoms with Gasteiger partial charge >= 0.3 is 12.1 Å². The van der Waals surface area contributed by atoms with Gasteiger partial charge < -0.3 is 14.8 Å². The third kappa shape index (κ3) is 12.0. The Hall–Kier alpha value is -4.64. The lowest BCUT2D eigenvalue weighted by atomic mass is 9.90. The number of halogens is 4. The van der Waals surface area contributed by atoms with E-state index >= 15 is 0 Å². The predicted octanol–water partition coefficient (Wildman–Crippen LogP) is 8.97. The summed E-state index contributed by atoms with van der Waals surface area (Å²) < 4.78 is 52.4. The summed E-state index contributed by atoms with van der Waals surface area (Å²) in [7, 11) is 0. The maximum absolute atomic E-state index is 13.7. The molecule has 11 heteroatoms. The van der Waals surface area contributed by atoms with Crippen LogP contribution in [0.4, 0.5) is 13.2 Å². The molecular formula is C41H40ClF3N2O4S. The van der Waals surface area contributed by atoms with Crippen molar-refractivity contribution >= 4 is 34.8 Å². The van der Waals surface area contributed by atoms with Crippen LogP contribution >= 0.6 is 22.9 Å². The zero-order chi connectivity index (χ0) is 36.8. The van der Waals surface area contributed by atoms with E-state index in [1.165, 1.54) is 17.4 Å². The van der Waals surface area contributed by atoms with Crippen molar-refractivity contribution in [3.05, 3.63) is 158 Å². The van der Waals surface area contributed by atoms with Gasteiger partial charge in [0, 0.05) is 30.4 Å². The summed E-state index contributed by atoms with van der Waals surface area (Å²) in [6, 6.07) is 35.1. The van der Waals surface area contributed by atoms with Crippen molar-refractivity contribution in [3.8, 4) is 5.75 Å². The minimum absolute atomic E-state index is 0.0333. The highest BCUT2D eigenvalue weighted by atomic mass is 35.5. The maximum Gasteiger partial charge on any atom is 0.417 e. The summed E-state index contributed by atoms with van der Waals surface area (Å²) in [6.07, 6.45) is -3.63. The van der Waals surface area contributed by atoms with Crippen molar-refractivity contribution in [1.82, 2.24) is 10.2 Å². The van der Waals surface area contributed by atoms with Crippen LogP contribution in [-0.4, -0.2) is 49.6 Å². The first-order valence-corrected chi connectivity index (χ1v) is 18.2. The van der Waals surface area contributed by atoms with Crippen LogP contribution < -0.4 is 10.1 Å². The van der Waals surface area contributed by atoms with E-state index in [-0.39, 0.29) is 55.4 Å². The van der Waals surface area contributed by atoms with Crippen LogP contribution in [-0.2, 0) is 39.9 Å². The second-order valence-electron chi connectivity index (χ2n) is 12.2. The number of carbonyl (C=O) groups excluding carboxylic acids is 2. The Bertz CT molecular complexity index is 1820. The monoisotopic (exact) mass is 748 g/mol. The van der Waals surface area contributed by atoms with Crippen molar-refractivity contribution < 1.29 is 32.2 Å². The number of amides is 1. The first-order valence-electron chi connectivity index (χ1n) is 17.0. The van der Waals surface area contributed by atoms with Crippen LogP contribution in [0.2, 0.25) is 5.02 Å². The van der Waals surface area contributed by atoms with Gasteiger partial charge in [-0.15, -0.1) is 11.3 Å². The molecule has 0 aliphatic carbocycles. The second kappa shape index (κ2) is 19.3. The van der Waals surface area contributed by atoms with E-state index < -0.39 is 11.7 Å². The number of benzene rings is 4. The molecule has 1 heterocycles. The summed E-state index contributed by atoms with van der Waals surface area (Å²) in [5, 5.41) is 4.38. The predicted molar refractivity (Wildman–Crippen MR) is 199 cm³/mol. The molecule has 0 saturated carbocycles. The molecule has 0 atom stereocenters. The van der Waals surface area contributed by atoms with Crippen LogP contribution in [0.3, 0.4) is 0 Å². The summed E-state index contributed by atoms with van der Waals surface area (Å²) in [5.74, 6) is 0.0267. The van der Waals surface area contributed by atoms with E-state index in [0.29, 0.717) is 37.4 Å². The molecule has 0 bridgehead atoms. The van der Waals surface area contributed by atoms with Crippen LogP contribution in [0.5, 0.6) is 5.75 Å². The molecule has 0 fully saturated rings. The number of thiophene rings is 1. The van der Waals surface area contributed by atoms with Gasteiger partial charge in [0.15, 0.2) is 0 Å². The first kappa shape index (κ1) is 38.6. The Labute approximate surface area is 311 Å². The largest absolute Gasteiger partial charge is 0.494 e. The SMILES string of the molecule is O=C(Cc1cccc(OCCCN(Cc2cccc(C(F)(F)F)c2Cl)CC(c2ccccc2)c2ccccc2)c1)NCCOC(=O)Cc1cccs1. The fraction of sp³-hybridized carbons (Fsp3) is 0.268. The smallest absolute Gasteiger partial charge is 0.417 e. The average Bonchev–Trinajstić information content (AvgIpc) is 3.65. The van der Waals surface area contributed by atoms with Crippen LogP contribution in [0.1, 0.15) is 45.0 Å². The van der Waals surface area contributed by atoms with E-state index in [9.17, 15) is 22.8 Å². The van der Waals surface area contributed by atoms with Gasteiger partial charge in [-0.25, -0.2) is 0 Å². The lowest BCUT2D eigenvalue weighted by molar-refractivity contribution is -0.143. The van der Waals surface area contributed by atoms with Gasteiger partial charge in [0.25, 0.3) is 0 Å². The van der Waals surface area contributed by atoms with Crippen molar-refractivity contribution in [1.29, 1.82) is 0 Å². The zero-order valence-corrected chi connectivity index (χ0v) is 30.1. The van der Waals surface area contributed by atoms with Gasteiger partial charge in [-0.2, -0.15) is 13.2 Å². The van der Waals surface area contributed by atoms with Gasteiger partial charge in [-0.1, -0.05) is 103 Å². The average molecular weight is 749 g/mol. The Morgan fingerprint density at radius 1 is 0.827 bits per heavy atom. The molecule has 1 amide bonds. The number of alkyl halides is 3. The van der Waals surface area contributed by atoms with E-state index in [1.807, 2.05) is 78.2 Å². The van der Waals surface area contributed by atoms with Crippen molar-refractivity contribution in [2.24, 2.45) is 0 Å². The van der Waals surface area contributed by atoms with Gasteiger partial charge in [-0.05, 0) is 58.3 Å². The topological polar surface area (TPSA) is 67.9 Å². The number of carbonyl (C=O) groups is 2. The number of rotatable bonds is 18. The Morgan fingerprint density at radius 3 is 2.21 bits per heavy atom. The van der Waals surface area contributed by atoms with Crippen LogP contribution in [0, 0.1) is 0 Å². The minimum Gasteiger partial charge on any atom is -0.494 e. The van der Waals surface area contributed by atoms with Crippen LogP contribution in [0.15, 0.2) is 121 Å². The number of hydrogen-bond acceptors (Lipinski definition) is 6.